The van der Waals surface area contributed by atoms with E-state index in [1.807, 2.05) is 0 Å². The summed E-state index contributed by atoms with van der Waals surface area (Å²) in [6.45, 7) is 3.50. The van der Waals surface area contributed by atoms with Crippen LogP contribution in [0.15, 0.2) is 18.2 Å². The molecule has 2 atom stereocenters. The molecule has 7 nitrogen and oxygen atoms in total. The second-order valence-electron chi connectivity index (χ2n) is 4.60. The zero-order chi connectivity index (χ0) is 16.2. The summed E-state index contributed by atoms with van der Waals surface area (Å²) in [6, 6.07) is 2.50. The third kappa shape index (κ3) is 4.16. The van der Waals surface area contributed by atoms with Gasteiger partial charge in [-0.15, -0.1) is 0 Å². The fourth-order valence-corrected chi connectivity index (χ4v) is 1.89. The number of halogens is 1. The number of carboxylic acid groups (broad SMARTS) is 1. The van der Waals surface area contributed by atoms with Gasteiger partial charge in [-0.25, -0.2) is 4.79 Å². The van der Waals surface area contributed by atoms with Gasteiger partial charge in [0.1, 0.15) is 11.1 Å². The van der Waals surface area contributed by atoms with Crippen LogP contribution in [0.1, 0.15) is 30.6 Å². The molecule has 2 N–H and O–H groups in total. The van der Waals surface area contributed by atoms with Crippen molar-refractivity contribution in [3.05, 3.63) is 38.9 Å². The minimum Gasteiger partial charge on any atom is -0.480 e. The van der Waals surface area contributed by atoms with Gasteiger partial charge in [0, 0.05) is 11.6 Å². The lowest BCUT2D eigenvalue weighted by Gasteiger charge is -2.20. The Hall–Kier alpha value is -2.15. The van der Waals surface area contributed by atoms with Crippen LogP contribution < -0.4 is 5.32 Å². The summed E-state index contributed by atoms with van der Waals surface area (Å²) in [5, 5.41) is 22.2. The Morgan fingerprint density at radius 2 is 2.10 bits per heavy atom. The summed E-state index contributed by atoms with van der Waals surface area (Å²) in [7, 11) is 0. The summed E-state index contributed by atoms with van der Waals surface area (Å²) in [4.78, 5) is 33.2. The molecular weight excluding hydrogens is 300 g/mol. The van der Waals surface area contributed by atoms with E-state index in [0.717, 1.165) is 6.07 Å². The average molecular weight is 315 g/mol. The fourth-order valence-electron chi connectivity index (χ4n) is 1.70. The van der Waals surface area contributed by atoms with Crippen LogP contribution in [0.25, 0.3) is 0 Å². The first-order valence-corrected chi connectivity index (χ1v) is 6.63. The quantitative estimate of drug-likeness (QED) is 0.619. The molecule has 0 aromatic heterocycles. The summed E-state index contributed by atoms with van der Waals surface area (Å²) in [6.07, 6.45) is 0.567. The molecule has 0 spiro atoms. The standard InChI is InChI=1S/C13H15ClN2O5/c1-3-7(2)11(13(18)19)15-12(17)8-4-5-9(14)10(6-8)16(20)21/h4-7,11H,3H2,1-2H3,(H,15,17)(H,18,19)/t7?,11-/m0/s1. The van der Waals surface area contributed by atoms with Crippen molar-refractivity contribution in [2.45, 2.75) is 26.3 Å². The largest absolute Gasteiger partial charge is 0.480 e. The number of hydrogen-bond acceptors (Lipinski definition) is 4. The highest BCUT2D eigenvalue weighted by molar-refractivity contribution is 6.32. The number of carbonyl (C=O) groups is 2. The van der Waals surface area contributed by atoms with E-state index in [1.54, 1.807) is 13.8 Å². The van der Waals surface area contributed by atoms with Gasteiger partial charge < -0.3 is 10.4 Å². The number of nitro groups is 1. The number of nitrogens with one attached hydrogen (secondary N) is 1. The summed E-state index contributed by atoms with van der Waals surface area (Å²) in [5.41, 5.74) is -0.416. The second kappa shape index (κ2) is 7.03. The van der Waals surface area contributed by atoms with E-state index < -0.39 is 28.5 Å². The van der Waals surface area contributed by atoms with Crippen LogP contribution in [-0.2, 0) is 4.79 Å². The Balaban J connectivity index is 3.00. The van der Waals surface area contributed by atoms with Crippen LogP contribution >= 0.6 is 11.6 Å². The van der Waals surface area contributed by atoms with Crippen LogP contribution in [0, 0.1) is 16.0 Å². The van der Waals surface area contributed by atoms with Gasteiger partial charge in [0.05, 0.1) is 4.92 Å². The maximum Gasteiger partial charge on any atom is 0.326 e. The highest BCUT2D eigenvalue weighted by Crippen LogP contribution is 2.25. The highest BCUT2D eigenvalue weighted by atomic mass is 35.5. The Morgan fingerprint density at radius 1 is 1.48 bits per heavy atom. The molecule has 1 aromatic rings. The van der Waals surface area contributed by atoms with Crippen LogP contribution in [-0.4, -0.2) is 27.9 Å². The first-order chi connectivity index (χ1) is 9.77. The minimum atomic E-state index is -1.15. The topological polar surface area (TPSA) is 110 Å². The lowest BCUT2D eigenvalue weighted by Crippen LogP contribution is -2.45. The van der Waals surface area contributed by atoms with Crippen molar-refractivity contribution in [3.8, 4) is 0 Å². The van der Waals surface area contributed by atoms with Crippen LogP contribution in [0.4, 0.5) is 5.69 Å². The number of amides is 1. The normalized spacial score (nSPS) is 13.3. The monoisotopic (exact) mass is 314 g/mol. The van der Waals surface area contributed by atoms with Crippen molar-refractivity contribution in [1.29, 1.82) is 0 Å². The number of carbonyl (C=O) groups excluding carboxylic acids is 1. The number of aliphatic carboxylic acids is 1. The van der Waals surface area contributed by atoms with Gasteiger partial charge in [-0.2, -0.15) is 0 Å². The van der Waals surface area contributed by atoms with Crippen molar-refractivity contribution in [1.82, 2.24) is 5.32 Å². The van der Waals surface area contributed by atoms with Gasteiger partial charge in [-0.1, -0.05) is 31.9 Å². The molecule has 0 fully saturated rings. The molecule has 1 amide bonds. The molecule has 1 rings (SSSR count). The van der Waals surface area contributed by atoms with Crippen LogP contribution in [0.2, 0.25) is 5.02 Å². The lowest BCUT2D eigenvalue weighted by atomic mass is 9.99. The smallest absolute Gasteiger partial charge is 0.326 e. The predicted octanol–water partition coefficient (Wildman–Crippen LogP) is 2.48. The zero-order valence-electron chi connectivity index (χ0n) is 11.5. The Labute approximate surface area is 126 Å². The Morgan fingerprint density at radius 3 is 2.57 bits per heavy atom. The molecule has 0 heterocycles. The van der Waals surface area contributed by atoms with Crippen LogP contribution in [0.3, 0.4) is 0 Å². The van der Waals surface area contributed by atoms with Crippen molar-refractivity contribution < 1.29 is 19.6 Å². The molecule has 0 saturated heterocycles. The molecule has 1 aromatic carbocycles. The van der Waals surface area contributed by atoms with Gasteiger partial charge in [-0.3, -0.25) is 14.9 Å². The van der Waals surface area contributed by atoms with Gasteiger partial charge in [-0.05, 0) is 18.1 Å². The molecule has 21 heavy (non-hydrogen) atoms. The average Bonchev–Trinajstić information content (AvgIpc) is 2.43. The van der Waals surface area contributed by atoms with Crippen molar-refractivity contribution >= 4 is 29.2 Å². The molecule has 0 aliphatic rings. The highest BCUT2D eigenvalue weighted by Gasteiger charge is 2.26. The van der Waals surface area contributed by atoms with E-state index in [0.29, 0.717) is 6.42 Å². The first kappa shape index (κ1) is 16.9. The van der Waals surface area contributed by atoms with Gasteiger partial charge in [0.2, 0.25) is 0 Å². The summed E-state index contributed by atoms with van der Waals surface area (Å²) >= 11 is 5.66. The summed E-state index contributed by atoms with van der Waals surface area (Å²) in [5.74, 6) is -2.11. The first-order valence-electron chi connectivity index (χ1n) is 6.25. The molecule has 0 bridgehead atoms. The minimum absolute atomic E-state index is 0.0133. The van der Waals surface area contributed by atoms with Gasteiger partial charge in [0.15, 0.2) is 0 Å². The maximum absolute atomic E-state index is 12.0. The molecule has 1 unspecified atom stereocenters. The van der Waals surface area contributed by atoms with Gasteiger partial charge in [0.25, 0.3) is 11.6 Å². The van der Waals surface area contributed by atoms with Crippen molar-refractivity contribution in [2.24, 2.45) is 5.92 Å². The number of benzene rings is 1. The van der Waals surface area contributed by atoms with E-state index in [2.05, 4.69) is 5.32 Å². The molecular formula is C13H15ClN2O5. The Kier molecular flexibility index (Phi) is 5.66. The lowest BCUT2D eigenvalue weighted by molar-refractivity contribution is -0.384. The molecule has 0 aliphatic heterocycles. The molecule has 8 heteroatoms. The number of nitro benzene ring substituents is 1. The number of hydrogen-bond donors (Lipinski definition) is 2. The molecule has 0 saturated carbocycles. The third-order valence-corrected chi connectivity index (χ3v) is 3.49. The predicted molar refractivity (Wildman–Crippen MR) is 76.5 cm³/mol. The maximum atomic E-state index is 12.0. The third-order valence-electron chi connectivity index (χ3n) is 3.17. The number of carboxylic acids is 1. The van der Waals surface area contributed by atoms with Crippen molar-refractivity contribution in [2.75, 3.05) is 0 Å². The Bertz CT molecular complexity index is 576. The van der Waals surface area contributed by atoms with Crippen molar-refractivity contribution in [3.63, 3.8) is 0 Å². The number of nitrogens with zero attached hydrogens (tertiary/aromatic N) is 1. The van der Waals surface area contributed by atoms with Crippen LogP contribution in [0.5, 0.6) is 0 Å². The SMILES string of the molecule is CCC(C)[C@H](NC(=O)c1ccc(Cl)c([N+](=O)[O-])c1)C(=O)O. The van der Waals surface area contributed by atoms with E-state index in [1.165, 1.54) is 12.1 Å². The second-order valence-corrected chi connectivity index (χ2v) is 5.01. The van der Waals surface area contributed by atoms with E-state index in [4.69, 9.17) is 16.7 Å². The number of rotatable bonds is 6. The van der Waals surface area contributed by atoms with Gasteiger partial charge >= 0.3 is 5.97 Å². The van der Waals surface area contributed by atoms with E-state index in [9.17, 15) is 19.7 Å². The zero-order valence-corrected chi connectivity index (χ0v) is 12.3. The molecule has 114 valence electrons. The fraction of sp³-hybridized carbons (Fsp3) is 0.385. The van der Waals surface area contributed by atoms with E-state index in [-0.39, 0.29) is 16.5 Å². The molecule has 0 aliphatic carbocycles. The molecule has 0 radical (unpaired) electrons. The summed E-state index contributed by atoms with van der Waals surface area (Å²) < 4.78 is 0. The van der Waals surface area contributed by atoms with E-state index >= 15 is 0 Å².